The predicted molar refractivity (Wildman–Crippen MR) is 91.5 cm³/mol. The molecule has 0 bridgehead atoms. The Morgan fingerprint density at radius 3 is 2.32 bits per heavy atom. The van der Waals surface area contributed by atoms with Crippen molar-refractivity contribution in [3.8, 4) is 0 Å². The molecule has 0 aliphatic heterocycles. The van der Waals surface area contributed by atoms with Gasteiger partial charge in [0.2, 0.25) is 0 Å². The quantitative estimate of drug-likeness (QED) is 0.843. The van der Waals surface area contributed by atoms with Crippen molar-refractivity contribution >= 4 is 12.2 Å². The first-order valence-corrected chi connectivity index (χ1v) is 8.02. The lowest BCUT2D eigenvalue weighted by atomic mass is 10.0. The highest BCUT2D eigenvalue weighted by Gasteiger charge is 2.31. The van der Waals surface area contributed by atoms with E-state index in [1.807, 2.05) is 36.4 Å². The second-order valence-corrected chi connectivity index (χ2v) is 4.97. The van der Waals surface area contributed by atoms with Gasteiger partial charge >= 0.3 is 12.2 Å². The Kier molecular flexibility index (Phi) is 6.76. The number of amides is 2. The summed E-state index contributed by atoms with van der Waals surface area (Å²) in [6, 6.07) is 14.0. The van der Waals surface area contributed by atoms with Crippen molar-refractivity contribution in [2.24, 2.45) is 0 Å². The van der Waals surface area contributed by atoms with Gasteiger partial charge in [-0.05, 0) is 31.5 Å². The molecule has 0 radical (unpaired) electrons. The number of hydrogen-bond acceptors (Lipinski definition) is 5. The van der Waals surface area contributed by atoms with Crippen LogP contribution in [0, 0.1) is 0 Å². The van der Waals surface area contributed by atoms with Crippen molar-refractivity contribution in [3.63, 3.8) is 0 Å². The minimum atomic E-state index is -0.743. The van der Waals surface area contributed by atoms with E-state index in [2.05, 4.69) is 10.4 Å². The lowest BCUT2D eigenvalue weighted by Gasteiger charge is -2.30. The van der Waals surface area contributed by atoms with Gasteiger partial charge in [0.05, 0.1) is 18.9 Å². The van der Waals surface area contributed by atoms with Crippen LogP contribution in [0.2, 0.25) is 0 Å². The zero-order valence-corrected chi connectivity index (χ0v) is 14.2. The molecule has 1 unspecified atom stereocenters. The van der Waals surface area contributed by atoms with Gasteiger partial charge in [-0.2, -0.15) is 0 Å². The van der Waals surface area contributed by atoms with Crippen molar-refractivity contribution < 1.29 is 19.1 Å². The molecule has 2 aromatic rings. The van der Waals surface area contributed by atoms with Crippen LogP contribution in [0.15, 0.2) is 54.7 Å². The van der Waals surface area contributed by atoms with E-state index in [1.54, 1.807) is 32.2 Å². The fraction of sp³-hybridized carbons (Fsp3) is 0.278. The van der Waals surface area contributed by atoms with Crippen LogP contribution in [-0.2, 0) is 9.47 Å². The maximum atomic E-state index is 12.5. The molecule has 0 fully saturated rings. The van der Waals surface area contributed by atoms with Gasteiger partial charge < -0.3 is 9.47 Å². The summed E-state index contributed by atoms with van der Waals surface area (Å²) in [6.45, 7) is 3.73. The van der Waals surface area contributed by atoms with Gasteiger partial charge in [0.15, 0.2) is 0 Å². The molecule has 0 saturated heterocycles. The van der Waals surface area contributed by atoms with Gasteiger partial charge in [-0.25, -0.2) is 20.0 Å². The molecule has 7 heteroatoms. The van der Waals surface area contributed by atoms with Crippen molar-refractivity contribution in [3.05, 3.63) is 66.0 Å². The number of ether oxygens (including phenoxy) is 2. The molecular formula is C18H21N3O4. The van der Waals surface area contributed by atoms with Gasteiger partial charge in [-0.1, -0.05) is 36.4 Å². The smallest absolute Gasteiger partial charge is 0.429 e. The Morgan fingerprint density at radius 1 is 1.04 bits per heavy atom. The molecule has 1 aromatic carbocycles. The van der Waals surface area contributed by atoms with Crippen LogP contribution in [0.5, 0.6) is 0 Å². The number of carbonyl (C=O) groups excluding carboxylic acids is 2. The number of carbonyl (C=O) groups is 2. The molecule has 1 aromatic heterocycles. The van der Waals surface area contributed by atoms with Crippen molar-refractivity contribution in [2.75, 3.05) is 13.2 Å². The highest BCUT2D eigenvalue weighted by molar-refractivity contribution is 5.74. The van der Waals surface area contributed by atoms with Crippen molar-refractivity contribution in [2.45, 2.75) is 19.9 Å². The summed E-state index contributed by atoms with van der Waals surface area (Å²) in [5, 5.41) is 1.10. The van der Waals surface area contributed by atoms with Gasteiger partial charge in [-0.15, -0.1) is 0 Å². The van der Waals surface area contributed by atoms with Crippen LogP contribution in [0.25, 0.3) is 0 Å². The Balaban J connectivity index is 2.44. The average molecular weight is 343 g/mol. The number of hydrogen-bond donors (Lipinski definition) is 1. The lowest BCUT2D eigenvalue weighted by molar-refractivity contribution is 0.0612. The van der Waals surface area contributed by atoms with Gasteiger partial charge in [-0.3, -0.25) is 4.98 Å². The molecule has 2 amide bonds. The van der Waals surface area contributed by atoms with Crippen LogP contribution in [0.1, 0.15) is 31.1 Å². The topological polar surface area (TPSA) is 80.8 Å². The number of nitrogens with one attached hydrogen (secondary N) is 1. The minimum absolute atomic E-state index is 0.170. The largest absolute Gasteiger partial charge is 0.449 e. The second-order valence-electron chi connectivity index (χ2n) is 4.97. The monoisotopic (exact) mass is 343 g/mol. The molecule has 2 rings (SSSR count). The van der Waals surface area contributed by atoms with Gasteiger partial charge in [0.1, 0.15) is 6.04 Å². The third-order valence-electron chi connectivity index (χ3n) is 3.29. The number of rotatable bonds is 5. The number of nitrogens with zero attached hydrogens (tertiary/aromatic N) is 2. The van der Waals surface area contributed by atoms with Crippen LogP contribution in [-0.4, -0.2) is 35.4 Å². The maximum Gasteiger partial charge on any atom is 0.429 e. The summed E-state index contributed by atoms with van der Waals surface area (Å²) >= 11 is 0. The number of hydrazine groups is 1. The Bertz CT molecular complexity index is 640. The average Bonchev–Trinajstić information content (AvgIpc) is 2.63. The molecule has 132 valence electrons. The summed E-state index contributed by atoms with van der Waals surface area (Å²) in [5.74, 6) is 0. The Hall–Kier alpha value is -3.09. The number of aromatic nitrogens is 1. The van der Waals surface area contributed by atoms with Crippen LogP contribution in [0.3, 0.4) is 0 Å². The first-order valence-electron chi connectivity index (χ1n) is 8.02. The summed E-state index contributed by atoms with van der Waals surface area (Å²) < 4.78 is 10.00. The summed E-state index contributed by atoms with van der Waals surface area (Å²) in [5.41, 5.74) is 3.81. The molecule has 0 aliphatic carbocycles. The maximum absolute atomic E-state index is 12.5. The highest BCUT2D eigenvalue weighted by atomic mass is 16.6. The Labute approximate surface area is 146 Å². The zero-order chi connectivity index (χ0) is 18.1. The fourth-order valence-corrected chi connectivity index (χ4v) is 2.30. The molecule has 7 nitrogen and oxygen atoms in total. The number of benzene rings is 1. The van der Waals surface area contributed by atoms with E-state index >= 15 is 0 Å². The standard InChI is InChI=1S/C18H21N3O4/c1-3-24-17(22)20-21(18(23)25-4-2)16(14-10-6-5-7-11-14)15-12-8-9-13-19-15/h5-13,16H,3-4H2,1-2H3,(H,20,22). The van der Waals surface area contributed by atoms with Crippen LogP contribution >= 0.6 is 0 Å². The molecule has 1 atom stereocenters. The predicted octanol–water partition coefficient (Wildman–Crippen LogP) is 3.29. The lowest BCUT2D eigenvalue weighted by Crippen LogP contribution is -2.49. The summed E-state index contributed by atoms with van der Waals surface area (Å²) in [4.78, 5) is 28.7. The molecule has 0 aliphatic rings. The summed E-state index contributed by atoms with van der Waals surface area (Å²) in [6.07, 6.45) is 0.182. The van der Waals surface area contributed by atoms with Crippen LogP contribution in [0.4, 0.5) is 9.59 Å². The van der Waals surface area contributed by atoms with E-state index in [0.717, 1.165) is 10.6 Å². The Morgan fingerprint density at radius 2 is 1.72 bits per heavy atom. The third kappa shape index (κ3) is 4.94. The van der Waals surface area contributed by atoms with Crippen molar-refractivity contribution in [1.82, 2.24) is 15.4 Å². The van der Waals surface area contributed by atoms with Crippen molar-refractivity contribution in [1.29, 1.82) is 0 Å². The molecule has 0 spiro atoms. The minimum Gasteiger partial charge on any atom is -0.449 e. The molecular weight excluding hydrogens is 322 g/mol. The van der Waals surface area contributed by atoms with E-state index in [-0.39, 0.29) is 13.2 Å². The van der Waals surface area contributed by atoms with E-state index in [9.17, 15) is 9.59 Å². The molecule has 1 N–H and O–H groups in total. The molecule has 0 saturated carbocycles. The summed E-state index contributed by atoms with van der Waals surface area (Å²) in [7, 11) is 0. The van der Waals surface area contributed by atoms with E-state index in [4.69, 9.17) is 9.47 Å². The zero-order valence-electron chi connectivity index (χ0n) is 14.2. The number of pyridine rings is 1. The van der Waals surface area contributed by atoms with E-state index in [1.165, 1.54) is 0 Å². The van der Waals surface area contributed by atoms with E-state index in [0.29, 0.717) is 5.69 Å². The van der Waals surface area contributed by atoms with Gasteiger partial charge in [0, 0.05) is 6.20 Å². The highest BCUT2D eigenvalue weighted by Crippen LogP contribution is 2.26. The fourth-order valence-electron chi connectivity index (χ4n) is 2.30. The first-order chi connectivity index (χ1) is 12.2. The third-order valence-corrected chi connectivity index (χ3v) is 3.29. The second kappa shape index (κ2) is 9.27. The first kappa shape index (κ1) is 18.3. The molecule has 25 heavy (non-hydrogen) atoms. The van der Waals surface area contributed by atoms with Gasteiger partial charge in [0.25, 0.3) is 0 Å². The van der Waals surface area contributed by atoms with Crippen LogP contribution < -0.4 is 5.43 Å². The normalized spacial score (nSPS) is 11.3. The van der Waals surface area contributed by atoms with E-state index < -0.39 is 18.2 Å². The SMILES string of the molecule is CCOC(=O)NN(C(=O)OCC)C(c1ccccc1)c1ccccn1. The molecule has 1 heterocycles.